The largest absolute Gasteiger partial charge is 0.331 e. The fourth-order valence-corrected chi connectivity index (χ4v) is 4.20. The number of para-hydroxylation sites is 1. The molecule has 0 bridgehead atoms. The number of aromatic nitrogens is 3. The fourth-order valence-electron chi connectivity index (χ4n) is 3.16. The summed E-state index contributed by atoms with van der Waals surface area (Å²) < 4.78 is 1.34. The van der Waals surface area contributed by atoms with E-state index in [0.717, 1.165) is 18.5 Å². The van der Waals surface area contributed by atoms with Gasteiger partial charge in [0.2, 0.25) is 0 Å². The maximum Gasteiger partial charge on any atom is 0.292 e. The number of nitrogens with zero attached hydrogens (tertiary/aromatic N) is 4. The van der Waals surface area contributed by atoms with Crippen molar-refractivity contribution in [1.82, 2.24) is 20.2 Å². The molecule has 0 saturated heterocycles. The quantitative estimate of drug-likeness (QED) is 0.278. The number of amides is 1. The van der Waals surface area contributed by atoms with Gasteiger partial charge < -0.3 is 5.32 Å². The number of carbonyl (C=O) groups is 1. The van der Waals surface area contributed by atoms with E-state index in [0.29, 0.717) is 27.3 Å². The lowest BCUT2D eigenvalue weighted by Crippen LogP contribution is -2.29. The fraction of sp³-hybridized carbons (Fsp3) is 0.174. The summed E-state index contributed by atoms with van der Waals surface area (Å²) in [7, 11) is 0. The van der Waals surface area contributed by atoms with Crippen LogP contribution in [0.25, 0.3) is 10.8 Å². The molecule has 0 aliphatic rings. The van der Waals surface area contributed by atoms with Crippen molar-refractivity contribution in [2.45, 2.75) is 26.3 Å². The van der Waals surface area contributed by atoms with Gasteiger partial charge in [0, 0.05) is 17.6 Å². The molecule has 0 aliphatic carbocycles. The lowest BCUT2D eigenvalue weighted by Gasteiger charge is -2.09. The molecule has 2 aromatic heterocycles. The van der Waals surface area contributed by atoms with Crippen LogP contribution < -0.4 is 16.3 Å². The third-order valence-corrected chi connectivity index (χ3v) is 6.09. The molecule has 0 atom stereocenters. The van der Waals surface area contributed by atoms with Crippen LogP contribution in [-0.4, -0.2) is 26.9 Å². The van der Waals surface area contributed by atoms with Gasteiger partial charge in [-0.3, -0.25) is 9.59 Å². The van der Waals surface area contributed by atoms with Crippen molar-refractivity contribution in [2.24, 2.45) is 5.10 Å². The molecule has 1 amide bonds. The van der Waals surface area contributed by atoms with Gasteiger partial charge in [0.15, 0.2) is 16.0 Å². The lowest BCUT2D eigenvalue weighted by molar-refractivity contribution is 0.0949. The molecule has 0 spiro atoms. The maximum atomic E-state index is 12.9. The van der Waals surface area contributed by atoms with Gasteiger partial charge >= 0.3 is 0 Å². The van der Waals surface area contributed by atoms with Crippen LogP contribution in [0.4, 0.5) is 10.8 Å². The van der Waals surface area contributed by atoms with Crippen LogP contribution in [-0.2, 0) is 6.54 Å². The number of rotatable bonds is 8. The molecule has 2 N–H and O–H groups in total. The normalized spacial score (nSPS) is 11.2. The summed E-state index contributed by atoms with van der Waals surface area (Å²) in [6.07, 6.45) is 3.13. The number of nitrogens with one attached hydrogen (secondary N) is 2. The van der Waals surface area contributed by atoms with Crippen LogP contribution in [0.3, 0.4) is 0 Å². The molecule has 0 saturated carbocycles. The Morgan fingerprint density at radius 3 is 2.64 bits per heavy atom. The summed E-state index contributed by atoms with van der Waals surface area (Å²) in [4.78, 5) is 30.4. The lowest BCUT2D eigenvalue weighted by atomic mass is 10.1. The Bertz CT molecular complexity index is 1370. The highest BCUT2D eigenvalue weighted by atomic mass is 35.5. The monoisotopic (exact) mass is 480 g/mol. The van der Waals surface area contributed by atoms with Crippen LogP contribution in [0.15, 0.2) is 64.5 Å². The van der Waals surface area contributed by atoms with Crippen molar-refractivity contribution < 1.29 is 4.79 Å². The zero-order chi connectivity index (χ0) is 23.2. The zero-order valence-corrected chi connectivity index (χ0v) is 19.4. The van der Waals surface area contributed by atoms with E-state index in [4.69, 9.17) is 11.6 Å². The Morgan fingerprint density at radius 2 is 1.88 bits per heavy atom. The summed E-state index contributed by atoms with van der Waals surface area (Å²) in [5.41, 5.74) is 3.29. The number of unbranched alkanes of at least 4 members (excludes halogenated alkanes) is 1. The molecule has 2 heterocycles. The van der Waals surface area contributed by atoms with Crippen molar-refractivity contribution in [2.75, 3.05) is 5.32 Å². The molecule has 0 aliphatic heterocycles. The van der Waals surface area contributed by atoms with Crippen molar-refractivity contribution in [3.05, 3.63) is 80.7 Å². The van der Waals surface area contributed by atoms with Gasteiger partial charge in [0.25, 0.3) is 11.5 Å². The van der Waals surface area contributed by atoms with E-state index in [1.807, 2.05) is 37.3 Å². The highest BCUT2D eigenvalue weighted by Crippen LogP contribution is 2.27. The van der Waals surface area contributed by atoms with Gasteiger partial charge in [-0.05, 0) is 24.6 Å². The van der Waals surface area contributed by atoms with E-state index in [2.05, 4.69) is 25.9 Å². The van der Waals surface area contributed by atoms with Crippen LogP contribution in [0.2, 0.25) is 5.15 Å². The predicted octanol–water partition coefficient (Wildman–Crippen LogP) is 4.81. The molecular weight excluding hydrogens is 460 g/mol. The zero-order valence-electron chi connectivity index (χ0n) is 17.8. The summed E-state index contributed by atoms with van der Waals surface area (Å²) in [6.45, 7) is 2.47. The number of hydrazone groups is 1. The van der Waals surface area contributed by atoms with Crippen molar-refractivity contribution in [3.8, 4) is 0 Å². The molecular formula is C23H21ClN6O2S. The molecule has 168 valence electrons. The highest BCUT2D eigenvalue weighted by Gasteiger charge is 2.16. The number of halogens is 1. The van der Waals surface area contributed by atoms with Gasteiger partial charge in [-0.15, -0.1) is 0 Å². The van der Waals surface area contributed by atoms with Gasteiger partial charge in [0.1, 0.15) is 0 Å². The minimum absolute atomic E-state index is 0.139. The Hall–Kier alpha value is -3.56. The number of benzene rings is 2. The van der Waals surface area contributed by atoms with Gasteiger partial charge in [0.05, 0.1) is 16.5 Å². The molecule has 10 heteroatoms. The van der Waals surface area contributed by atoms with E-state index in [1.54, 1.807) is 24.3 Å². The average Bonchev–Trinajstić information content (AvgIpc) is 3.18. The average molecular weight is 481 g/mol. The van der Waals surface area contributed by atoms with Crippen molar-refractivity contribution in [1.29, 1.82) is 0 Å². The molecule has 0 fully saturated rings. The van der Waals surface area contributed by atoms with Gasteiger partial charge in [-0.1, -0.05) is 72.7 Å². The van der Waals surface area contributed by atoms with Crippen LogP contribution in [0.5, 0.6) is 0 Å². The van der Waals surface area contributed by atoms with Crippen LogP contribution in [0.1, 0.15) is 35.1 Å². The Balaban J connectivity index is 1.53. The topological polar surface area (TPSA) is 101 Å². The maximum absolute atomic E-state index is 12.9. The first kappa shape index (κ1) is 22.6. The third-order valence-electron chi connectivity index (χ3n) is 4.79. The highest BCUT2D eigenvalue weighted by molar-refractivity contribution is 7.17. The number of hydrogen-bond acceptors (Lipinski definition) is 7. The molecule has 33 heavy (non-hydrogen) atoms. The second-order valence-corrected chi connectivity index (χ2v) is 8.53. The second kappa shape index (κ2) is 10.4. The Morgan fingerprint density at radius 1 is 1.15 bits per heavy atom. The summed E-state index contributed by atoms with van der Waals surface area (Å²) >= 11 is 7.52. The summed E-state index contributed by atoms with van der Waals surface area (Å²) in [5, 5.41) is 13.3. The molecule has 4 rings (SSSR count). The number of carbonyl (C=O) groups excluding carboxylic acids is 1. The first-order valence-electron chi connectivity index (χ1n) is 10.4. The van der Waals surface area contributed by atoms with Crippen LogP contribution in [0, 0.1) is 0 Å². The third kappa shape index (κ3) is 5.27. The smallest absolute Gasteiger partial charge is 0.292 e. The Kier molecular flexibility index (Phi) is 7.11. The molecule has 2 aromatic carbocycles. The van der Waals surface area contributed by atoms with Gasteiger partial charge in [-0.25, -0.2) is 15.1 Å². The Labute approximate surface area is 198 Å². The number of aryl methyl sites for hydroxylation is 1. The minimum Gasteiger partial charge on any atom is -0.331 e. The van der Waals surface area contributed by atoms with E-state index in [-0.39, 0.29) is 16.4 Å². The molecule has 4 aromatic rings. The SMILES string of the molecule is CCCCn1nc(C(=O)N/N=C/c2sc(Nc3ccccc3)nc2Cl)c2ccccc2c1=O. The van der Waals surface area contributed by atoms with Gasteiger partial charge in [-0.2, -0.15) is 10.2 Å². The van der Waals surface area contributed by atoms with Crippen LogP contribution >= 0.6 is 22.9 Å². The number of thiazole rings is 1. The minimum atomic E-state index is -0.518. The number of anilines is 2. The van der Waals surface area contributed by atoms with E-state index in [9.17, 15) is 9.59 Å². The van der Waals surface area contributed by atoms with E-state index in [1.165, 1.54) is 22.2 Å². The molecule has 0 unspecified atom stereocenters. The number of fused-ring (bicyclic) bond motifs is 1. The van der Waals surface area contributed by atoms with E-state index >= 15 is 0 Å². The van der Waals surface area contributed by atoms with E-state index < -0.39 is 5.91 Å². The predicted molar refractivity (Wildman–Crippen MR) is 133 cm³/mol. The second-order valence-electron chi connectivity index (χ2n) is 7.14. The van der Waals surface area contributed by atoms with Crippen molar-refractivity contribution >= 4 is 56.7 Å². The number of hydrogen-bond donors (Lipinski definition) is 2. The first-order chi connectivity index (χ1) is 16.1. The standard InChI is InChI=1S/C23H21ClN6O2S/c1-2-3-13-30-22(32)17-12-8-7-11-16(17)19(29-30)21(31)28-25-14-18-20(24)27-23(33-18)26-15-9-5-4-6-10-15/h4-12,14H,2-3,13H2,1H3,(H,26,27)(H,28,31)/b25-14+. The summed E-state index contributed by atoms with van der Waals surface area (Å²) in [6, 6.07) is 16.5. The summed E-state index contributed by atoms with van der Waals surface area (Å²) in [5.74, 6) is -0.518. The first-order valence-corrected chi connectivity index (χ1v) is 11.6. The molecule has 8 nitrogen and oxygen atoms in total. The molecule has 0 radical (unpaired) electrons. The van der Waals surface area contributed by atoms with Crippen molar-refractivity contribution in [3.63, 3.8) is 0 Å².